The van der Waals surface area contributed by atoms with Gasteiger partial charge in [-0.3, -0.25) is 0 Å². The lowest BCUT2D eigenvalue weighted by Gasteiger charge is -2.10. The fourth-order valence-corrected chi connectivity index (χ4v) is 3.37. The number of aryl methyl sites for hydroxylation is 2. The first kappa shape index (κ1) is 13.9. The van der Waals surface area contributed by atoms with Gasteiger partial charge in [-0.1, -0.05) is 11.6 Å². The highest BCUT2D eigenvalue weighted by Crippen LogP contribution is 2.27. The lowest BCUT2D eigenvalue weighted by atomic mass is 10.2. The Morgan fingerprint density at radius 2 is 2.20 bits per heavy atom. The highest BCUT2D eigenvalue weighted by Gasteiger charge is 2.15. The molecule has 104 valence electrons. The molecule has 2 aromatic heterocycles. The minimum absolute atomic E-state index is 0.122. The van der Waals surface area contributed by atoms with Crippen LogP contribution in [0.1, 0.15) is 23.7 Å². The Bertz CT molecular complexity index is 717. The van der Waals surface area contributed by atoms with Crippen LogP contribution in [0, 0.1) is 0 Å². The molecule has 0 fully saturated rings. The highest BCUT2D eigenvalue weighted by atomic mass is 35.5. The summed E-state index contributed by atoms with van der Waals surface area (Å²) >= 11 is 14.0. The average Bonchev–Trinajstić information content (AvgIpc) is 3.02. The van der Waals surface area contributed by atoms with Crippen molar-refractivity contribution in [1.29, 1.82) is 0 Å². The summed E-state index contributed by atoms with van der Waals surface area (Å²) in [5, 5.41) is 4.86. The summed E-state index contributed by atoms with van der Waals surface area (Å²) < 4.78 is 2.20. The van der Waals surface area contributed by atoms with Gasteiger partial charge in [-0.15, -0.1) is 11.6 Å². The van der Waals surface area contributed by atoms with E-state index >= 15 is 0 Å². The van der Waals surface area contributed by atoms with Crippen LogP contribution >= 0.6 is 34.5 Å². The van der Waals surface area contributed by atoms with Gasteiger partial charge >= 0.3 is 0 Å². The third-order valence-electron chi connectivity index (χ3n) is 3.30. The van der Waals surface area contributed by atoms with E-state index in [4.69, 9.17) is 23.2 Å². The van der Waals surface area contributed by atoms with Gasteiger partial charge in [0, 0.05) is 11.6 Å². The predicted molar refractivity (Wildman–Crippen MR) is 87.0 cm³/mol. The van der Waals surface area contributed by atoms with Crippen LogP contribution in [-0.4, -0.2) is 9.55 Å². The summed E-state index contributed by atoms with van der Waals surface area (Å²) in [6, 6.07) is 7.96. The van der Waals surface area contributed by atoms with Gasteiger partial charge in [-0.25, -0.2) is 4.98 Å². The van der Waals surface area contributed by atoms with E-state index in [0.717, 1.165) is 29.8 Å². The third-order valence-corrected chi connectivity index (χ3v) is 4.46. The molecule has 0 amide bonds. The van der Waals surface area contributed by atoms with E-state index in [1.807, 2.05) is 25.1 Å². The summed E-state index contributed by atoms with van der Waals surface area (Å²) in [7, 11) is 0. The molecule has 0 saturated heterocycles. The molecule has 20 heavy (non-hydrogen) atoms. The molecule has 0 bridgehead atoms. The van der Waals surface area contributed by atoms with Crippen molar-refractivity contribution in [3.8, 4) is 0 Å². The maximum atomic E-state index is 6.27. The molecule has 2 heterocycles. The lowest BCUT2D eigenvalue weighted by molar-refractivity contribution is 0.669. The Kier molecular flexibility index (Phi) is 4.01. The lowest BCUT2D eigenvalue weighted by Crippen LogP contribution is -2.06. The van der Waals surface area contributed by atoms with Gasteiger partial charge < -0.3 is 4.57 Å². The van der Waals surface area contributed by atoms with Gasteiger partial charge in [0.25, 0.3) is 0 Å². The molecule has 0 aliphatic rings. The fraction of sp³-hybridized carbons (Fsp3) is 0.267. The van der Waals surface area contributed by atoms with Crippen LogP contribution < -0.4 is 0 Å². The standard InChI is InChI=1S/C15H14Cl2N2S/c1-10(16)15-18-13-8-12(17)2-3-14(13)19(15)6-4-11-5-7-20-9-11/h2-3,5,7-10H,4,6H2,1H3. The maximum absolute atomic E-state index is 6.27. The zero-order chi connectivity index (χ0) is 14.1. The van der Waals surface area contributed by atoms with Crippen LogP contribution in [0.5, 0.6) is 0 Å². The molecule has 3 rings (SSSR count). The number of alkyl halides is 1. The molecule has 0 N–H and O–H groups in total. The normalized spacial score (nSPS) is 12.9. The molecule has 0 saturated carbocycles. The molecule has 5 heteroatoms. The van der Waals surface area contributed by atoms with Crippen molar-refractivity contribution < 1.29 is 0 Å². The fourth-order valence-electron chi connectivity index (χ4n) is 2.34. The van der Waals surface area contributed by atoms with E-state index in [1.165, 1.54) is 5.56 Å². The topological polar surface area (TPSA) is 17.8 Å². The Morgan fingerprint density at radius 3 is 2.90 bits per heavy atom. The minimum atomic E-state index is -0.122. The summed E-state index contributed by atoms with van der Waals surface area (Å²) in [6.45, 7) is 2.83. The first-order valence-electron chi connectivity index (χ1n) is 6.46. The molecule has 1 aromatic carbocycles. The summed E-state index contributed by atoms with van der Waals surface area (Å²) in [5.41, 5.74) is 3.34. The van der Waals surface area contributed by atoms with E-state index in [2.05, 4.69) is 26.4 Å². The molecule has 0 spiro atoms. The number of aromatic nitrogens is 2. The Labute approximate surface area is 132 Å². The maximum Gasteiger partial charge on any atom is 0.127 e. The van der Waals surface area contributed by atoms with Gasteiger partial charge in [-0.05, 0) is 53.9 Å². The summed E-state index contributed by atoms with van der Waals surface area (Å²) in [6.07, 6.45) is 0.980. The Balaban J connectivity index is 2.00. The Hall–Kier alpha value is -1.03. The zero-order valence-electron chi connectivity index (χ0n) is 11.0. The number of halogens is 2. The number of hydrogen-bond donors (Lipinski definition) is 0. The first-order chi connectivity index (χ1) is 9.65. The zero-order valence-corrected chi connectivity index (χ0v) is 13.3. The number of imidazole rings is 1. The van der Waals surface area contributed by atoms with Crippen LogP contribution in [0.15, 0.2) is 35.0 Å². The summed E-state index contributed by atoms with van der Waals surface area (Å²) in [5.74, 6) is 0.902. The van der Waals surface area contributed by atoms with Gasteiger partial charge in [0.05, 0.1) is 16.4 Å². The van der Waals surface area contributed by atoms with Crippen molar-refractivity contribution in [2.75, 3.05) is 0 Å². The number of fused-ring (bicyclic) bond motifs is 1. The second-order valence-corrected chi connectivity index (χ2v) is 6.62. The van der Waals surface area contributed by atoms with Gasteiger partial charge in [0.1, 0.15) is 5.82 Å². The van der Waals surface area contributed by atoms with Gasteiger partial charge in [0.2, 0.25) is 0 Å². The minimum Gasteiger partial charge on any atom is -0.326 e. The smallest absolute Gasteiger partial charge is 0.127 e. The number of thiophene rings is 1. The number of hydrogen-bond acceptors (Lipinski definition) is 2. The largest absolute Gasteiger partial charge is 0.326 e. The van der Waals surface area contributed by atoms with Crippen molar-refractivity contribution in [2.24, 2.45) is 0 Å². The van der Waals surface area contributed by atoms with Crippen LogP contribution in [0.2, 0.25) is 5.02 Å². The van der Waals surface area contributed by atoms with E-state index in [9.17, 15) is 0 Å². The van der Waals surface area contributed by atoms with E-state index < -0.39 is 0 Å². The molecule has 2 nitrogen and oxygen atoms in total. The second kappa shape index (κ2) is 5.76. The molecule has 0 aliphatic heterocycles. The van der Waals surface area contributed by atoms with E-state index in [1.54, 1.807) is 11.3 Å². The van der Waals surface area contributed by atoms with E-state index in [0.29, 0.717) is 5.02 Å². The van der Waals surface area contributed by atoms with Crippen molar-refractivity contribution in [3.63, 3.8) is 0 Å². The molecule has 1 atom stereocenters. The predicted octanol–water partition coefficient (Wildman–Crippen LogP) is 5.29. The summed E-state index contributed by atoms with van der Waals surface area (Å²) in [4.78, 5) is 4.62. The van der Waals surface area contributed by atoms with E-state index in [-0.39, 0.29) is 5.38 Å². The van der Waals surface area contributed by atoms with Gasteiger partial charge in [-0.2, -0.15) is 11.3 Å². The van der Waals surface area contributed by atoms with Crippen LogP contribution in [0.3, 0.4) is 0 Å². The van der Waals surface area contributed by atoms with Crippen molar-refractivity contribution in [2.45, 2.75) is 25.3 Å². The van der Waals surface area contributed by atoms with Crippen molar-refractivity contribution in [1.82, 2.24) is 9.55 Å². The second-order valence-electron chi connectivity index (χ2n) is 4.75. The van der Waals surface area contributed by atoms with Crippen molar-refractivity contribution >= 4 is 45.6 Å². The monoisotopic (exact) mass is 324 g/mol. The molecule has 0 radical (unpaired) electrons. The molecule has 1 unspecified atom stereocenters. The van der Waals surface area contributed by atoms with Crippen LogP contribution in [0.4, 0.5) is 0 Å². The SMILES string of the molecule is CC(Cl)c1nc2cc(Cl)ccc2n1CCc1ccsc1. The molecular weight excluding hydrogens is 311 g/mol. The van der Waals surface area contributed by atoms with Gasteiger partial charge in [0.15, 0.2) is 0 Å². The number of rotatable bonds is 4. The number of benzene rings is 1. The number of nitrogens with zero attached hydrogens (tertiary/aromatic N) is 2. The van der Waals surface area contributed by atoms with Crippen LogP contribution in [-0.2, 0) is 13.0 Å². The third kappa shape index (κ3) is 2.71. The average molecular weight is 325 g/mol. The Morgan fingerprint density at radius 1 is 1.35 bits per heavy atom. The molecule has 0 aliphatic carbocycles. The van der Waals surface area contributed by atoms with Crippen LogP contribution in [0.25, 0.3) is 11.0 Å². The van der Waals surface area contributed by atoms with Crippen molar-refractivity contribution in [3.05, 3.63) is 51.4 Å². The quantitative estimate of drug-likeness (QED) is 0.596. The highest BCUT2D eigenvalue weighted by molar-refractivity contribution is 7.07. The molecular formula is C15H14Cl2N2S. The first-order valence-corrected chi connectivity index (χ1v) is 8.21. The molecule has 3 aromatic rings.